The Morgan fingerprint density at radius 3 is 2.68 bits per heavy atom. The first kappa shape index (κ1) is 12.0. The molecule has 3 rings (SSSR count). The summed E-state index contributed by atoms with van der Waals surface area (Å²) in [5, 5.41) is 11.1. The standard InChI is InChI=1S/C15H16N2O2/c18-15(19)12-6-4-5-11-7-8-16-14(13(11)12)17-9-2-1-3-10-17/h4-8H,1-3,9-10H2,(H,18,19). The average Bonchev–Trinajstić information content (AvgIpc) is 2.46. The summed E-state index contributed by atoms with van der Waals surface area (Å²) in [6.45, 7) is 1.92. The lowest BCUT2D eigenvalue weighted by molar-refractivity contribution is 0.0699. The number of aromatic nitrogens is 1. The van der Waals surface area contributed by atoms with Crippen molar-refractivity contribution in [3.8, 4) is 0 Å². The first-order chi connectivity index (χ1) is 9.27. The zero-order valence-corrected chi connectivity index (χ0v) is 10.7. The Morgan fingerprint density at radius 2 is 1.95 bits per heavy atom. The fraction of sp³-hybridized carbons (Fsp3) is 0.333. The molecular weight excluding hydrogens is 240 g/mol. The molecule has 4 heteroatoms. The summed E-state index contributed by atoms with van der Waals surface area (Å²) in [6.07, 6.45) is 5.30. The van der Waals surface area contributed by atoms with E-state index in [-0.39, 0.29) is 0 Å². The van der Waals surface area contributed by atoms with Crippen molar-refractivity contribution in [1.82, 2.24) is 4.98 Å². The summed E-state index contributed by atoms with van der Waals surface area (Å²) < 4.78 is 0. The summed E-state index contributed by atoms with van der Waals surface area (Å²) in [5.74, 6) is -0.0768. The van der Waals surface area contributed by atoms with Crippen LogP contribution in [-0.2, 0) is 0 Å². The van der Waals surface area contributed by atoms with Crippen LogP contribution in [0.15, 0.2) is 30.5 Å². The lowest BCUT2D eigenvalue weighted by Gasteiger charge is -2.29. The number of anilines is 1. The highest BCUT2D eigenvalue weighted by Gasteiger charge is 2.18. The number of aromatic carboxylic acids is 1. The largest absolute Gasteiger partial charge is 0.478 e. The minimum Gasteiger partial charge on any atom is -0.478 e. The number of pyridine rings is 1. The molecule has 0 spiro atoms. The van der Waals surface area contributed by atoms with Crippen LogP contribution < -0.4 is 4.90 Å². The predicted octanol–water partition coefficient (Wildman–Crippen LogP) is 2.92. The molecule has 0 saturated carbocycles. The number of hydrogen-bond donors (Lipinski definition) is 1. The lowest BCUT2D eigenvalue weighted by atomic mass is 10.0. The van der Waals surface area contributed by atoms with E-state index in [0.29, 0.717) is 5.56 Å². The van der Waals surface area contributed by atoms with E-state index in [1.54, 1.807) is 18.3 Å². The van der Waals surface area contributed by atoms with Gasteiger partial charge in [0.15, 0.2) is 0 Å². The van der Waals surface area contributed by atoms with Crippen LogP contribution in [0.25, 0.3) is 10.8 Å². The molecule has 0 aliphatic carbocycles. The van der Waals surface area contributed by atoms with E-state index in [4.69, 9.17) is 0 Å². The van der Waals surface area contributed by atoms with Crippen LogP contribution in [0, 0.1) is 0 Å². The Labute approximate surface area is 111 Å². The molecule has 2 heterocycles. The zero-order valence-electron chi connectivity index (χ0n) is 10.7. The van der Waals surface area contributed by atoms with Crippen molar-refractivity contribution in [3.05, 3.63) is 36.0 Å². The minimum atomic E-state index is -0.892. The quantitative estimate of drug-likeness (QED) is 0.897. The summed E-state index contributed by atoms with van der Waals surface area (Å²) >= 11 is 0. The van der Waals surface area contributed by atoms with Gasteiger partial charge in [0.05, 0.1) is 5.56 Å². The number of benzene rings is 1. The van der Waals surface area contributed by atoms with Gasteiger partial charge in [-0.1, -0.05) is 12.1 Å². The van der Waals surface area contributed by atoms with Gasteiger partial charge < -0.3 is 10.0 Å². The highest BCUT2D eigenvalue weighted by molar-refractivity contribution is 6.08. The van der Waals surface area contributed by atoms with Gasteiger partial charge in [0, 0.05) is 24.7 Å². The zero-order chi connectivity index (χ0) is 13.2. The highest BCUT2D eigenvalue weighted by Crippen LogP contribution is 2.29. The first-order valence-electron chi connectivity index (χ1n) is 6.63. The van der Waals surface area contributed by atoms with Gasteiger partial charge in [0.1, 0.15) is 5.82 Å². The van der Waals surface area contributed by atoms with Crippen molar-refractivity contribution in [2.75, 3.05) is 18.0 Å². The topological polar surface area (TPSA) is 53.4 Å². The van der Waals surface area contributed by atoms with Crippen LogP contribution >= 0.6 is 0 Å². The van der Waals surface area contributed by atoms with Crippen LogP contribution in [0.4, 0.5) is 5.82 Å². The second-order valence-corrected chi connectivity index (χ2v) is 4.89. The Hall–Kier alpha value is -2.10. The predicted molar refractivity (Wildman–Crippen MR) is 74.8 cm³/mol. The van der Waals surface area contributed by atoms with E-state index < -0.39 is 5.97 Å². The molecule has 19 heavy (non-hydrogen) atoms. The van der Waals surface area contributed by atoms with Crippen LogP contribution in [0.2, 0.25) is 0 Å². The van der Waals surface area contributed by atoms with Gasteiger partial charge in [-0.2, -0.15) is 0 Å². The van der Waals surface area contributed by atoms with Gasteiger partial charge in [-0.15, -0.1) is 0 Å². The molecule has 0 unspecified atom stereocenters. The second kappa shape index (κ2) is 4.88. The van der Waals surface area contributed by atoms with Gasteiger partial charge in [0.2, 0.25) is 0 Å². The van der Waals surface area contributed by atoms with Gasteiger partial charge >= 0.3 is 5.97 Å². The molecule has 98 valence electrons. The normalized spacial score (nSPS) is 15.7. The van der Waals surface area contributed by atoms with Gasteiger partial charge in [-0.05, 0) is 36.8 Å². The molecule has 1 aromatic heterocycles. The Morgan fingerprint density at radius 1 is 1.16 bits per heavy atom. The fourth-order valence-corrected chi connectivity index (χ4v) is 2.74. The molecule has 0 amide bonds. The van der Waals surface area contributed by atoms with Crippen molar-refractivity contribution in [2.24, 2.45) is 0 Å². The van der Waals surface area contributed by atoms with Crippen molar-refractivity contribution < 1.29 is 9.90 Å². The van der Waals surface area contributed by atoms with Crippen molar-refractivity contribution in [2.45, 2.75) is 19.3 Å². The fourth-order valence-electron chi connectivity index (χ4n) is 2.74. The number of carboxylic acid groups (broad SMARTS) is 1. The van der Waals surface area contributed by atoms with Gasteiger partial charge in [-0.25, -0.2) is 9.78 Å². The smallest absolute Gasteiger partial charge is 0.336 e. The van der Waals surface area contributed by atoms with Crippen LogP contribution in [0.5, 0.6) is 0 Å². The Bertz CT molecular complexity index is 613. The molecule has 1 aromatic carbocycles. The number of piperidine rings is 1. The third kappa shape index (κ3) is 2.14. The molecule has 1 aliphatic heterocycles. The molecule has 0 radical (unpaired) electrons. The number of carboxylic acids is 1. The molecule has 1 saturated heterocycles. The minimum absolute atomic E-state index is 0.339. The molecule has 4 nitrogen and oxygen atoms in total. The monoisotopic (exact) mass is 256 g/mol. The first-order valence-corrected chi connectivity index (χ1v) is 6.63. The summed E-state index contributed by atoms with van der Waals surface area (Å²) in [4.78, 5) is 18.0. The summed E-state index contributed by atoms with van der Waals surface area (Å²) in [5.41, 5.74) is 0.339. The molecule has 1 N–H and O–H groups in total. The third-order valence-corrected chi connectivity index (χ3v) is 3.66. The Kier molecular flexibility index (Phi) is 3.07. The van der Waals surface area contributed by atoms with E-state index >= 15 is 0 Å². The molecule has 2 aromatic rings. The third-order valence-electron chi connectivity index (χ3n) is 3.66. The van der Waals surface area contributed by atoms with Crippen LogP contribution in [0.1, 0.15) is 29.6 Å². The van der Waals surface area contributed by atoms with Crippen LogP contribution in [0.3, 0.4) is 0 Å². The van der Waals surface area contributed by atoms with Crippen molar-refractivity contribution in [1.29, 1.82) is 0 Å². The van der Waals surface area contributed by atoms with Crippen molar-refractivity contribution >= 4 is 22.6 Å². The molecule has 1 aliphatic rings. The van der Waals surface area contributed by atoms with Gasteiger partial charge in [0.25, 0.3) is 0 Å². The maximum Gasteiger partial charge on any atom is 0.336 e. The van der Waals surface area contributed by atoms with E-state index in [0.717, 1.165) is 42.5 Å². The lowest BCUT2D eigenvalue weighted by Crippen LogP contribution is -2.30. The van der Waals surface area contributed by atoms with Gasteiger partial charge in [-0.3, -0.25) is 0 Å². The second-order valence-electron chi connectivity index (χ2n) is 4.89. The van der Waals surface area contributed by atoms with Crippen LogP contribution in [-0.4, -0.2) is 29.1 Å². The van der Waals surface area contributed by atoms with Crippen molar-refractivity contribution in [3.63, 3.8) is 0 Å². The Balaban J connectivity index is 2.20. The number of fused-ring (bicyclic) bond motifs is 1. The maximum atomic E-state index is 11.4. The maximum absolute atomic E-state index is 11.4. The van der Waals surface area contributed by atoms with E-state index in [2.05, 4.69) is 9.88 Å². The number of rotatable bonds is 2. The number of carbonyl (C=O) groups is 1. The van der Waals surface area contributed by atoms with E-state index in [1.165, 1.54) is 6.42 Å². The molecular formula is C15H16N2O2. The number of nitrogens with zero attached hydrogens (tertiary/aromatic N) is 2. The summed E-state index contributed by atoms with van der Waals surface area (Å²) in [6, 6.07) is 7.25. The molecule has 1 fully saturated rings. The van der Waals surface area contributed by atoms with E-state index in [9.17, 15) is 9.90 Å². The molecule has 0 atom stereocenters. The average molecular weight is 256 g/mol. The highest BCUT2D eigenvalue weighted by atomic mass is 16.4. The summed E-state index contributed by atoms with van der Waals surface area (Å²) in [7, 11) is 0. The number of hydrogen-bond acceptors (Lipinski definition) is 3. The van der Waals surface area contributed by atoms with E-state index in [1.807, 2.05) is 12.1 Å². The SMILES string of the molecule is O=C(O)c1cccc2ccnc(N3CCCCC3)c12. The molecule has 0 bridgehead atoms.